The van der Waals surface area contributed by atoms with Crippen molar-refractivity contribution in [3.8, 4) is 0 Å². The molecule has 0 saturated carbocycles. The van der Waals surface area contributed by atoms with E-state index in [-0.39, 0.29) is 5.75 Å². The minimum atomic E-state index is -3.86. The van der Waals surface area contributed by atoms with Crippen LogP contribution < -0.4 is 4.90 Å². The summed E-state index contributed by atoms with van der Waals surface area (Å²) in [6, 6.07) is 6.07. The average molecular weight is 271 g/mol. The van der Waals surface area contributed by atoms with Gasteiger partial charge in [0.05, 0.1) is 5.75 Å². The Morgan fingerprint density at radius 1 is 1.33 bits per heavy atom. The monoisotopic (exact) mass is 271 g/mol. The van der Waals surface area contributed by atoms with Crippen LogP contribution in [0.4, 0.5) is 5.69 Å². The molecule has 4 nitrogen and oxygen atoms in total. The summed E-state index contributed by atoms with van der Waals surface area (Å²) < 4.78 is 30.2. The topological polar surface area (TPSA) is 57.6 Å². The lowest BCUT2D eigenvalue weighted by Crippen LogP contribution is -2.18. The van der Waals surface area contributed by atoms with Gasteiger partial charge in [-0.05, 0) is 43.9 Å². The van der Waals surface area contributed by atoms with Crippen molar-refractivity contribution in [2.24, 2.45) is 0 Å². The van der Waals surface area contributed by atoms with Gasteiger partial charge in [-0.1, -0.05) is 12.1 Å². The molecule has 0 aliphatic heterocycles. The van der Waals surface area contributed by atoms with Crippen molar-refractivity contribution in [2.75, 3.05) is 24.2 Å². The minimum absolute atomic E-state index is 0.184. The molecule has 0 aliphatic carbocycles. The Balaban J connectivity index is 2.86. The van der Waals surface area contributed by atoms with Gasteiger partial charge in [0.2, 0.25) is 0 Å². The van der Waals surface area contributed by atoms with Gasteiger partial charge in [0.15, 0.2) is 0 Å². The van der Waals surface area contributed by atoms with Gasteiger partial charge in [0.25, 0.3) is 10.1 Å². The molecular formula is C13H21NO3S. The van der Waals surface area contributed by atoms with Crippen molar-refractivity contribution < 1.29 is 13.0 Å². The van der Waals surface area contributed by atoms with E-state index in [1.165, 1.54) is 0 Å². The number of anilines is 1. The van der Waals surface area contributed by atoms with E-state index in [0.29, 0.717) is 12.8 Å². The molecule has 0 bridgehead atoms. The number of rotatable bonds is 6. The van der Waals surface area contributed by atoms with Gasteiger partial charge < -0.3 is 4.90 Å². The van der Waals surface area contributed by atoms with E-state index >= 15 is 0 Å². The summed E-state index contributed by atoms with van der Waals surface area (Å²) in [5, 5.41) is 0. The molecule has 5 heteroatoms. The number of benzene rings is 1. The van der Waals surface area contributed by atoms with Gasteiger partial charge in [-0.25, -0.2) is 0 Å². The number of hydrogen-bond donors (Lipinski definition) is 1. The lowest BCUT2D eigenvalue weighted by molar-refractivity contribution is 0.481. The zero-order valence-electron chi connectivity index (χ0n) is 11.2. The number of aryl methyl sites for hydroxylation is 1. The highest BCUT2D eigenvalue weighted by atomic mass is 32.2. The molecule has 1 aromatic rings. The second kappa shape index (κ2) is 6.20. The van der Waals surface area contributed by atoms with Crippen LogP contribution in [0.15, 0.2) is 18.2 Å². The van der Waals surface area contributed by atoms with Crippen molar-refractivity contribution in [3.63, 3.8) is 0 Å². The first-order valence-electron chi connectivity index (χ1n) is 6.10. The van der Waals surface area contributed by atoms with Crippen molar-refractivity contribution in [2.45, 2.75) is 26.7 Å². The third kappa shape index (κ3) is 4.31. The van der Waals surface area contributed by atoms with E-state index in [1.54, 1.807) is 0 Å². The number of hydrogen-bond acceptors (Lipinski definition) is 3. The Morgan fingerprint density at radius 2 is 2.00 bits per heavy atom. The molecule has 0 unspecified atom stereocenters. The van der Waals surface area contributed by atoms with Crippen molar-refractivity contribution in [3.05, 3.63) is 29.3 Å². The van der Waals surface area contributed by atoms with Crippen LogP contribution in [-0.4, -0.2) is 32.3 Å². The fourth-order valence-electron chi connectivity index (χ4n) is 1.97. The summed E-state index contributed by atoms with van der Waals surface area (Å²) in [5.41, 5.74) is 3.45. The highest BCUT2D eigenvalue weighted by Crippen LogP contribution is 2.24. The van der Waals surface area contributed by atoms with Gasteiger partial charge in [-0.15, -0.1) is 0 Å². The van der Waals surface area contributed by atoms with Crippen molar-refractivity contribution in [1.82, 2.24) is 0 Å². The van der Waals surface area contributed by atoms with E-state index < -0.39 is 10.1 Å². The molecule has 102 valence electrons. The SMILES string of the molecule is CCN(C)c1cccc(C)c1CCCS(=O)(=O)O. The first kappa shape index (κ1) is 15.0. The highest BCUT2D eigenvalue weighted by Gasteiger charge is 2.10. The maximum atomic E-state index is 10.7. The normalized spacial score (nSPS) is 11.6. The molecule has 1 N–H and O–H groups in total. The van der Waals surface area contributed by atoms with Crippen molar-refractivity contribution in [1.29, 1.82) is 0 Å². The predicted molar refractivity (Wildman–Crippen MR) is 74.9 cm³/mol. The molecule has 0 saturated heterocycles. The average Bonchev–Trinajstić information content (AvgIpc) is 2.28. The third-order valence-corrected chi connectivity index (χ3v) is 3.90. The van der Waals surface area contributed by atoms with Crippen LogP contribution in [0, 0.1) is 6.92 Å². The van der Waals surface area contributed by atoms with Crippen molar-refractivity contribution >= 4 is 15.8 Å². The zero-order chi connectivity index (χ0) is 13.8. The molecule has 0 aromatic heterocycles. The van der Waals surface area contributed by atoms with E-state index in [9.17, 15) is 8.42 Å². The Labute approximate surface area is 109 Å². The van der Waals surface area contributed by atoms with Gasteiger partial charge in [-0.2, -0.15) is 8.42 Å². The minimum Gasteiger partial charge on any atom is -0.375 e. The van der Waals surface area contributed by atoms with Crippen LogP contribution in [0.25, 0.3) is 0 Å². The first-order chi connectivity index (χ1) is 8.35. The largest absolute Gasteiger partial charge is 0.375 e. The molecule has 0 fully saturated rings. The Hall–Kier alpha value is -1.07. The quantitative estimate of drug-likeness (QED) is 0.806. The van der Waals surface area contributed by atoms with E-state index in [1.807, 2.05) is 32.2 Å². The van der Waals surface area contributed by atoms with E-state index in [4.69, 9.17) is 4.55 Å². The molecule has 0 atom stereocenters. The summed E-state index contributed by atoms with van der Waals surface area (Å²) in [7, 11) is -1.84. The predicted octanol–water partition coefficient (Wildman–Crippen LogP) is 2.27. The number of nitrogens with zero attached hydrogens (tertiary/aromatic N) is 1. The Bertz CT molecular complexity index is 497. The first-order valence-corrected chi connectivity index (χ1v) is 7.71. The van der Waals surface area contributed by atoms with Gasteiger partial charge in [0, 0.05) is 19.3 Å². The fraction of sp³-hybridized carbons (Fsp3) is 0.538. The zero-order valence-corrected chi connectivity index (χ0v) is 12.0. The second-order valence-corrected chi connectivity index (χ2v) is 6.05. The van der Waals surface area contributed by atoms with Crippen LogP contribution in [0.1, 0.15) is 24.5 Å². The second-order valence-electron chi connectivity index (χ2n) is 4.48. The smallest absolute Gasteiger partial charge is 0.264 e. The third-order valence-electron chi connectivity index (χ3n) is 3.10. The van der Waals surface area contributed by atoms with Crippen LogP contribution in [0.5, 0.6) is 0 Å². The molecule has 1 aromatic carbocycles. The van der Waals surface area contributed by atoms with Gasteiger partial charge in [0.1, 0.15) is 0 Å². The molecule has 0 heterocycles. The summed E-state index contributed by atoms with van der Waals surface area (Å²) in [5.74, 6) is -0.184. The summed E-state index contributed by atoms with van der Waals surface area (Å²) in [4.78, 5) is 2.13. The van der Waals surface area contributed by atoms with E-state index in [2.05, 4.69) is 11.8 Å². The maximum Gasteiger partial charge on any atom is 0.264 e. The molecule has 18 heavy (non-hydrogen) atoms. The molecular weight excluding hydrogens is 250 g/mol. The van der Waals surface area contributed by atoms with Crippen LogP contribution in [-0.2, 0) is 16.5 Å². The Kier molecular flexibility index (Phi) is 5.16. The maximum absolute atomic E-state index is 10.7. The summed E-state index contributed by atoms with van der Waals surface area (Å²) >= 11 is 0. The molecule has 0 amide bonds. The van der Waals surface area contributed by atoms with Crippen LogP contribution >= 0.6 is 0 Å². The molecule has 1 rings (SSSR count). The van der Waals surface area contributed by atoms with Crippen LogP contribution in [0.3, 0.4) is 0 Å². The Morgan fingerprint density at radius 3 is 2.56 bits per heavy atom. The fourth-order valence-corrected chi connectivity index (χ4v) is 2.48. The van der Waals surface area contributed by atoms with Crippen LogP contribution in [0.2, 0.25) is 0 Å². The highest BCUT2D eigenvalue weighted by molar-refractivity contribution is 7.85. The summed E-state index contributed by atoms with van der Waals surface area (Å²) in [6.07, 6.45) is 1.10. The summed E-state index contributed by atoms with van der Waals surface area (Å²) in [6.45, 7) is 4.99. The lowest BCUT2D eigenvalue weighted by Gasteiger charge is -2.22. The molecule has 0 radical (unpaired) electrons. The lowest BCUT2D eigenvalue weighted by atomic mass is 10.0. The molecule has 0 aliphatic rings. The standard InChI is InChI=1S/C13H21NO3S/c1-4-14(3)13-9-5-7-11(2)12(13)8-6-10-18(15,16)17/h5,7,9H,4,6,8,10H2,1-3H3,(H,15,16,17). The molecule has 0 spiro atoms. The van der Waals surface area contributed by atoms with Gasteiger partial charge in [-0.3, -0.25) is 4.55 Å². The van der Waals surface area contributed by atoms with Gasteiger partial charge >= 0.3 is 0 Å². The van der Waals surface area contributed by atoms with E-state index in [0.717, 1.165) is 23.4 Å².